The third-order valence-corrected chi connectivity index (χ3v) is 3.70. The standard InChI is InChI=1S/C18H22N2O4/c1-12-6-7-13(10-19-12)18(21)20(2)11-14-8-9-15(22-3)17(24-5)16(14)23-4/h6-10H,11H2,1-5H3. The summed E-state index contributed by atoms with van der Waals surface area (Å²) in [7, 11) is 6.42. The van der Waals surface area contributed by atoms with Crippen molar-refractivity contribution >= 4 is 5.91 Å². The molecule has 2 rings (SSSR count). The van der Waals surface area contributed by atoms with Crippen LogP contribution in [0.4, 0.5) is 0 Å². The Labute approximate surface area is 142 Å². The van der Waals surface area contributed by atoms with Crippen LogP contribution in [0.2, 0.25) is 0 Å². The van der Waals surface area contributed by atoms with Crippen LogP contribution in [-0.4, -0.2) is 44.2 Å². The number of hydrogen-bond donors (Lipinski definition) is 0. The van der Waals surface area contributed by atoms with Gasteiger partial charge in [-0.05, 0) is 31.2 Å². The lowest BCUT2D eigenvalue weighted by molar-refractivity contribution is 0.0783. The number of hydrogen-bond acceptors (Lipinski definition) is 5. The Kier molecular flexibility index (Phi) is 5.63. The quantitative estimate of drug-likeness (QED) is 0.815. The van der Waals surface area contributed by atoms with Crippen molar-refractivity contribution < 1.29 is 19.0 Å². The number of methoxy groups -OCH3 is 3. The number of carbonyl (C=O) groups is 1. The molecule has 6 nitrogen and oxygen atoms in total. The SMILES string of the molecule is COc1ccc(CN(C)C(=O)c2ccc(C)nc2)c(OC)c1OC. The Morgan fingerprint density at radius 3 is 2.29 bits per heavy atom. The van der Waals surface area contributed by atoms with Gasteiger partial charge in [0.15, 0.2) is 11.5 Å². The molecular formula is C18H22N2O4. The average molecular weight is 330 g/mol. The van der Waals surface area contributed by atoms with Gasteiger partial charge in [-0.25, -0.2) is 0 Å². The fourth-order valence-electron chi connectivity index (χ4n) is 2.43. The van der Waals surface area contributed by atoms with Crippen molar-refractivity contribution in [3.8, 4) is 17.2 Å². The smallest absolute Gasteiger partial charge is 0.255 e. The molecule has 6 heteroatoms. The molecule has 1 amide bonds. The molecule has 0 aliphatic carbocycles. The molecule has 1 aromatic heterocycles. The molecule has 0 bridgehead atoms. The number of nitrogens with zero attached hydrogens (tertiary/aromatic N) is 2. The number of ether oxygens (including phenoxy) is 3. The van der Waals surface area contributed by atoms with Gasteiger partial charge in [0.25, 0.3) is 5.91 Å². The van der Waals surface area contributed by atoms with Gasteiger partial charge in [-0.1, -0.05) is 0 Å². The summed E-state index contributed by atoms with van der Waals surface area (Å²) >= 11 is 0. The van der Waals surface area contributed by atoms with E-state index in [2.05, 4.69) is 4.98 Å². The summed E-state index contributed by atoms with van der Waals surface area (Å²) in [4.78, 5) is 18.3. The van der Waals surface area contributed by atoms with E-state index in [1.54, 1.807) is 51.6 Å². The third-order valence-electron chi connectivity index (χ3n) is 3.70. The highest BCUT2D eigenvalue weighted by Gasteiger charge is 2.19. The summed E-state index contributed by atoms with van der Waals surface area (Å²) in [5, 5.41) is 0. The lowest BCUT2D eigenvalue weighted by atomic mass is 10.1. The van der Waals surface area contributed by atoms with E-state index in [1.807, 2.05) is 19.1 Å². The molecule has 2 aromatic rings. The van der Waals surface area contributed by atoms with Crippen molar-refractivity contribution in [3.63, 3.8) is 0 Å². The molecule has 24 heavy (non-hydrogen) atoms. The number of pyridine rings is 1. The Balaban J connectivity index is 2.26. The van der Waals surface area contributed by atoms with Crippen LogP contribution in [0.5, 0.6) is 17.2 Å². The van der Waals surface area contributed by atoms with Gasteiger partial charge < -0.3 is 19.1 Å². The number of amides is 1. The lowest BCUT2D eigenvalue weighted by Gasteiger charge is -2.21. The summed E-state index contributed by atoms with van der Waals surface area (Å²) in [6, 6.07) is 7.24. The van der Waals surface area contributed by atoms with Gasteiger partial charge in [0.05, 0.1) is 26.9 Å². The molecule has 0 unspecified atom stereocenters. The van der Waals surface area contributed by atoms with Crippen molar-refractivity contribution in [2.24, 2.45) is 0 Å². The van der Waals surface area contributed by atoms with Gasteiger partial charge in [0, 0.05) is 31.0 Å². The number of rotatable bonds is 6. The number of benzene rings is 1. The molecule has 0 N–H and O–H groups in total. The van der Waals surface area contributed by atoms with Gasteiger partial charge in [-0.15, -0.1) is 0 Å². The maximum atomic E-state index is 12.5. The second-order valence-corrected chi connectivity index (χ2v) is 5.34. The van der Waals surface area contributed by atoms with Crippen LogP contribution in [0.3, 0.4) is 0 Å². The van der Waals surface area contributed by atoms with Crippen molar-refractivity contribution in [2.45, 2.75) is 13.5 Å². The van der Waals surface area contributed by atoms with Crippen LogP contribution in [-0.2, 0) is 6.54 Å². The van der Waals surface area contributed by atoms with Crippen molar-refractivity contribution in [1.29, 1.82) is 0 Å². The van der Waals surface area contributed by atoms with Crippen LogP contribution in [0.25, 0.3) is 0 Å². The first kappa shape index (κ1) is 17.6. The lowest BCUT2D eigenvalue weighted by Crippen LogP contribution is -2.26. The van der Waals surface area contributed by atoms with E-state index in [-0.39, 0.29) is 5.91 Å². The van der Waals surface area contributed by atoms with Crippen molar-refractivity contribution in [2.75, 3.05) is 28.4 Å². The maximum Gasteiger partial charge on any atom is 0.255 e. The zero-order valence-electron chi connectivity index (χ0n) is 14.6. The van der Waals surface area contributed by atoms with E-state index in [1.165, 1.54) is 0 Å². The zero-order valence-corrected chi connectivity index (χ0v) is 14.6. The minimum absolute atomic E-state index is 0.112. The Morgan fingerprint density at radius 1 is 1.04 bits per heavy atom. The molecule has 1 heterocycles. The molecule has 0 saturated heterocycles. The summed E-state index contributed by atoms with van der Waals surface area (Å²) in [6.45, 7) is 2.25. The van der Waals surface area contributed by atoms with E-state index in [0.29, 0.717) is 29.4 Å². The third kappa shape index (κ3) is 3.59. The van der Waals surface area contributed by atoms with E-state index in [0.717, 1.165) is 11.3 Å². The average Bonchev–Trinajstić information content (AvgIpc) is 2.61. The predicted molar refractivity (Wildman–Crippen MR) is 90.9 cm³/mol. The molecule has 0 saturated carbocycles. The summed E-state index contributed by atoms with van der Waals surface area (Å²) in [5.74, 6) is 1.53. The van der Waals surface area contributed by atoms with Crippen LogP contribution in [0.1, 0.15) is 21.6 Å². The first-order valence-electron chi connectivity index (χ1n) is 7.47. The highest BCUT2D eigenvalue weighted by molar-refractivity contribution is 5.93. The number of aryl methyl sites for hydroxylation is 1. The molecule has 0 fully saturated rings. The molecular weight excluding hydrogens is 308 g/mol. The molecule has 0 aliphatic rings. The van der Waals surface area contributed by atoms with Crippen molar-refractivity contribution in [3.05, 3.63) is 47.3 Å². The topological polar surface area (TPSA) is 60.9 Å². The Bertz CT molecular complexity index is 714. The highest BCUT2D eigenvalue weighted by Crippen LogP contribution is 2.40. The Hall–Kier alpha value is -2.76. The minimum Gasteiger partial charge on any atom is -0.493 e. The first-order chi connectivity index (χ1) is 11.5. The van der Waals surface area contributed by atoms with Gasteiger partial charge in [-0.2, -0.15) is 0 Å². The van der Waals surface area contributed by atoms with E-state index < -0.39 is 0 Å². The fraction of sp³-hybridized carbons (Fsp3) is 0.333. The van der Waals surface area contributed by atoms with Gasteiger partial charge in [0.2, 0.25) is 5.75 Å². The fourth-order valence-corrected chi connectivity index (χ4v) is 2.43. The second-order valence-electron chi connectivity index (χ2n) is 5.34. The normalized spacial score (nSPS) is 10.2. The second kappa shape index (κ2) is 7.68. The summed E-state index contributed by atoms with van der Waals surface area (Å²) < 4.78 is 16.1. The monoisotopic (exact) mass is 330 g/mol. The molecule has 0 aliphatic heterocycles. The van der Waals surface area contributed by atoms with Crippen LogP contribution in [0, 0.1) is 6.92 Å². The zero-order chi connectivity index (χ0) is 17.7. The van der Waals surface area contributed by atoms with Crippen LogP contribution >= 0.6 is 0 Å². The molecule has 0 radical (unpaired) electrons. The van der Waals surface area contributed by atoms with Crippen LogP contribution < -0.4 is 14.2 Å². The largest absolute Gasteiger partial charge is 0.493 e. The highest BCUT2D eigenvalue weighted by atomic mass is 16.5. The van der Waals surface area contributed by atoms with Gasteiger partial charge in [-0.3, -0.25) is 9.78 Å². The molecule has 1 aromatic carbocycles. The Morgan fingerprint density at radius 2 is 1.75 bits per heavy atom. The van der Waals surface area contributed by atoms with E-state index in [4.69, 9.17) is 14.2 Å². The number of aromatic nitrogens is 1. The van der Waals surface area contributed by atoms with Gasteiger partial charge in [0.1, 0.15) is 0 Å². The number of carbonyl (C=O) groups excluding carboxylic acids is 1. The van der Waals surface area contributed by atoms with Crippen LogP contribution in [0.15, 0.2) is 30.5 Å². The molecule has 0 atom stereocenters. The molecule has 0 spiro atoms. The van der Waals surface area contributed by atoms with Crippen molar-refractivity contribution in [1.82, 2.24) is 9.88 Å². The van der Waals surface area contributed by atoms with Gasteiger partial charge >= 0.3 is 0 Å². The molecule has 128 valence electrons. The van der Waals surface area contributed by atoms with E-state index in [9.17, 15) is 4.79 Å². The predicted octanol–water partition coefficient (Wildman–Crippen LogP) is 2.69. The summed E-state index contributed by atoms with van der Waals surface area (Å²) in [5.41, 5.74) is 2.24. The maximum absolute atomic E-state index is 12.5. The van der Waals surface area contributed by atoms with E-state index >= 15 is 0 Å². The first-order valence-corrected chi connectivity index (χ1v) is 7.47. The summed E-state index contributed by atoms with van der Waals surface area (Å²) in [6.07, 6.45) is 1.58. The minimum atomic E-state index is -0.112.